The van der Waals surface area contributed by atoms with Crippen molar-refractivity contribution < 1.29 is 19.1 Å². The Hall–Kier alpha value is -1.89. The average Bonchev–Trinajstić information content (AvgIpc) is 3.06. The number of rotatable bonds is 4. The van der Waals surface area contributed by atoms with E-state index < -0.39 is 11.4 Å². The minimum absolute atomic E-state index is 0.000765. The predicted octanol–water partition coefficient (Wildman–Crippen LogP) is 1.95. The maximum atomic E-state index is 13.0. The van der Waals surface area contributed by atoms with Crippen LogP contribution < -0.4 is 0 Å². The third-order valence-electron chi connectivity index (χ3n) is 6.94. The highest BCUT2D eigenvalue weighted by Gasteiger charge is 2.59. The summed E-state index contributed by atoms with van der Waals surface area (Å²) in [5.74, 6) is 0.0682. The van der Waals surface area contributed by atoms with Crippen LogP contribution in [0.4, 0.5) is 0 Å². The fourth-order valence-electron chi connectivity index (χ4n) is 5.31. The molecule has 26 heavy (non-hydrogen) atoms. The zero-order valence-corrected chi connectivity index (χ0v) is 14.9. The SMILES string of the molecule is O=C(c1ncoc1C1CC1)N1C[C@H]2CN(C3CCCC3)C[C@@]2(C(=O)O)C1. The number of oxazole rings is 1. The van der Waals surface area contributed by atoms with Crippen LogP contribution in [0.3, 0.4) is 0 Å². The maximum absolute atomic E-state index is 13.0. The summed E-state index contributed by atoms with van der Waals surface area (Å²) in [6.45, 7) is 2.14. The Labute approximate surface area is 152 Å². The van der Waals surface area contributed by atoms with E-state index >= 15 is 0 Å². The first kappa shape index (κ1) is 16.3. The molecule has 140 valence electrons. The van der Waals surface area contributed by atoms with Gasteiger partial charge in [0.1, 0.15) is 11.2 Å². The van der Waals surface area contributed by atoms with Crippen LogP contribution >= 0.6 is 0 Å². The molecule has 2 aliphatic carbocycles. The summed E-state index contributed by atoms with van der Waals surface area (Å²) in [6, 6.07) is 0.526. The predicted molar refractivity (Wildman–Crippen MR) is 91.8 cm³/mol. The smallest absolute Gasteiger partial charge is 0.313 e. The molecule has 0 spiro atoms. The molecule has 7 heteroatoms. The van der Waals surface area contributed by atoms with Crippen molar-refractivity contribution in [2.45, 2.75) is 50.5 Å². The zero-order chi connectivity index (χ0) is 17.9. The quantitative estimate of drug-likeness (QED) is 0.884. The molecule has 1 aromatic heterocycles. The standard InChI is InChI=1S/C19H25N3O4/c23-17(15-16(12-5-6-12)26-11-20-15)22-8-13-7-21(14-3-1-2-4-14)9-19(13,10-22)18(24)25/h11-14H,1-10H2,(H,24,25)/t13-,19-/m1/s1. The summed E-state index contributed by atoms with van der Waals surface area (Å²) in [5.41, 5.74) is -0.442. The molecule has 2 atom stereocenters. The summed E-state index contributed by atoms with van der Waals surface area (Å²) in [5, 5.41) is 10.0. The molecule has 4 aliphatic rings. The lowest BCUT2D eigenvalue weighted by atomic mass is 9.81. The summed E-state index contributed by atoms with van der Waals surface area (Å²) in [7, 11) is 0. The minimum Gasteiger partial charge on any atom is -0.481 e. The van der Waals surface area contributed by atoms with E-state index in [1.165, 1.54) is 32.1 Å². The van der Waals surface area contributed by atoms with Gasteiger partial charge in [-0.25, -0.2) is 4.98 Å². The second kappa shape index (κ2) is 5.81. The highest BCUT2D eigenvalue weighted by Crippen LogP contribution is 2.46. The fourth-order valence-corrected chi connectivity index (χ4v) is 5.31. The van der Waals surface area contributed by atoms with Gasteiger partial charge >= 0.3 is 5.97 Å². The number of fused-ring (bicyclic) bond motifs is 1. The van der Waals surface area contributed by atoms with Crippen LogP contribution in [0.15, 0.2) is 10.8 Å². The molecule has 3 heterocycles. The first-order valence-corrected chi connectivity index (χ1v) is 9.78. The van der Waals surface area contributed by atoms with Gasteiger partial charge in [-0.1, -0.05) is 12.8 Å². The Balaban J connectivity index is 1.36. The number of carboxylic acids is 1. The first-order chi connectivity index (χ1) is 12.6. The normalized spacial score (nSPS) is 32.3. The first-order valence-electron chi connectivity index (χ1n) is 9.78. The fraction of sp³-hybridized carbons (Fsp3) is 0.737. The molecular weight excluding hydrogens is 334 g/mol. The summed E-state index contributed by atoms with van der Waals surface area (Å²) in [6.07, 6.45) is 8.25. The number of carbonyl (C=O) groups is 2. The van der Waals surface area contributed by atoms with E-state index in [0.29, 0.717) is 36.5 Å². The highest BCUT2D eigenvalue weighted by atomic mass is 16.4. The van der Waals surface area contributed by atoms with E-state index in [1.54, 1.807) is 4.90 Å². The van der Waals surface area contributed by atoms with Crippen LogP contribution in [0.1, 0.15) is 60.7 Å². The van der Waals surface area contributed by atoms with Crippen LogP contribution in [0.25, 0.3) is 0 Å². The minimum atomic E-state index is -0.832. The van der Waals surface area contributed by atoms with Crippen LogP contribution in [0.2, 0.25) is 0 Å². The van der Waals surface area contributed by atoms with Gasteiger partial charge in [0.15, 0.2) is 12.1 Å². The highest BCUT2D eigenvalue weighted by molar-refractivity contribution is 5.94. The van der Waals surface area contributed by atoms with Crippen molar-refractivity contribution in [3.8, 4) is 0 Å². The molecule has 5 rings (SSSR count). The zero-order valence-electron chi connectivity index (χ0n) is 14.9. The third-order valence-corrected chi connectivity index (χ3v) is 6.94. The number of likely N-dealkylation sites (tertiary alicyclic amines) is 2. The molecule has 7 nitrogen and oxygen atoms in total. The molecule has 1 aromatic rings. The van der Waals surface area contributed by atoms with Gasteiger partial charge in [-0.3, -0.25) is 14.5 Å². The Morgan fingerprint density at radius 2 is 1.92 bits per heavy atom. The number of hydrogen-bond donors (Lipinski definition) is 1. The van der Waals surface area contributed by atoms with E-state index in [-0.39, 0.29) is 18.4 Å². The van der Waals surface area contributed by atoms with E-state index in [0.717, 1.165) is 19.4 Å². The van der Waals surface area contributed by atoms with Crippen molar-refractivity contribution in [2.75, 3.05) is 26.2 Å². The van der Waals surface area contributed by atoms with Gasteiger partial charge in [-0.2, -0.15) is 0 Å². The molecule has 2 aliphatic heterocycles. The van der Waals surface area contributed by atoms with Crippen LogP contribution in [0.5, 0.6) is 0 Å². The van der Waals surface area contributed by atoms with E-state index in [1.807, 2.05) is 0 Å². The van der Waals surface area contributed by atoms with Gasteiger partial charge in [0.25, 0.3) is 5.91 Å². The molecule has 2 saturated heterocycles. The number of amides is 1. The van der Waals surface area contributed by atoms with Crippen molar-refractivity contribution in [1.29, 1.82) is 0 Å². The Bertz CT molecular complexity index is 737. The van der Waals surface area contributed by atoms with Crippen molar-refractivity contribution in [3.63, 3.8) is 0 Å². The third kappa shape index (κ3) is 2.40. The number of carbonyl (C=O) groups excluding carboxylic acids is 1. The Morgan fingerprint density at radius 3 is 2.58 bits per heavy atom. The number of nitrogens with zero attached hydrogens (tertiary/aromatic N) is 3. The van der Waals surface area contributed by atoms with Gasteiger partial charge in [0.2, 0.25) is 0 Å². The van der Waals surface area contributed by atoms with Crippen molar-refractivity contribution in [3.05, 3.63) is 17.8 Å². The van der Waals surface area contributed by atoms with Crippen molar-refractivity contribution in [1.82, 2.24) is 14.8 Å². The van der Waals surface area contributed by atoms with Gasteiger partial charge in [0.05, 0.1) is 0 Å². The molecule has 1 amide bonds. The van der Waals surface area contributed by atoms with E-state index in [9.17, 15) is 14.7 Å². The maximum Gasteiger partial charge on any atom is 0.313 e. The van der Waals surface area contributed by atoms with Crippen LogP contribution in [-0.4, -0.2) is 64.0 Å². The number of hydrogen-bond acceptors (Lipinski definition) is 5. The van der Waals surface area contributed by atoms with Crippen molar-refractivity contribution in [2.24, 2.45) is 11.3 Å². The molecule has 0 aromatic carbocycles. The van der Waals surface area contributed by atoms with Gasteiger partial charge in [-0.05, 0) is 25.7 Å². The molecule has 0 radical (unpaired) electrons. The lowest BCUT2D eigenvalue weighted by molar-refractivity contribution is -0.148. The number of aromatic nitrogens is 1. The number of aliphatic carboxylic acids is 1. The van der Waals surface area contributed by atoms with Crippen molar-refractivity contribution >= 4 is 11.9 Å². The molecule has 0 unspecified atom stereocenters. The Kier molecular flexibility index (Phi) is 3.64. The lowest BCUT2D eigenvalue weighted by Gasteiger charge is -2.28. The molecule has 2 saturated carbocycles. The summed E-state index contributed by atoms with van der Waals surface area (Å²) in [4.78, 5) is 33.4. The molecule has 0 bridgehead atoms. The van der Waals surface area contributed by atoms with Crippen LogP contribution in [0, 0.1) is 11.3 Å². The van der Waals surface area contributed by atoms with Gasteiger partial charge < -0.3 is 14.4 Å². The largest absolute Gasteiger partial charge is 0.481 e. The van der Waals surface area contributed by atoms with E-state index in [4.69, 9.17) is 4.42 Å². The summed E-state index contributed by atoms with van der Waals surface area (Å²) < 4.78 is 5.44. The number of carboxylic acid groups (broad SMARTS) is 1. The molecule has 4 fully saturated rings. The monoisotopic (exact) mass is 359 g/mol. The van der Waals surface area contributed by atoms with Crippen LogP contribution in [-0.2, 0) is 4.79 Å². The van der Waals surface area contributed by atoms with Gasteiger partial charge in [0, 0.05) is 44.1 Å². The molecular formula is C19H25N3O4. The van der Waals surface area contributed by atoms with Gasteiger partial charge in [-0.15, -0.1) is 0 Å². The average molecular weight is 359 g/mol. The summed E-state index contributed by atoms with van der Waals surface area (Å²) >= 11 is 0. The lowest BCUT2D eigenvalue weighted by Crippen LogP contribution is -2.43. The topological polar surface area (TPSA) is 86.9 Å². The van der Waals surface area contributed by atoms with E-state index in [2.05, 4.69) is 9.88 Å². The molecule has 1 N–H and O–H groups in total. The second-order valence-corrected chi connectivity index (χ2v) is 8.55. The Morgan fingerprint density at radius 1 is 1.15 bits per heavy atom. The second-order valence-electron chi connectivity index (χ2n) is 8.55.